The van der Waals surface area contributed by atoms with Crippen molar-refractivity contribution in [3.63, 3.8) is 0 Å². The Hall–Kier alpha value is -2.10. The summed E-state index contributed by atoms with van der Waals surface area (Å²) < 4.78 is 2.15. The van der Waals surface area contributed by atoms with E-state index in [4.69, 9.17) is 0 Å². The standard InChI is InChI=1S/C20H29N3O/c1-7-22(20(24)14(2)3)13-19-21-8-9-23(19)12-18-16(5)10-15(4)11-17(18)6/h8-11,14H,7,12-13H2,1-6H3. The molecule has 130 valence electrons. The summed E-state index contributed by atoms with van der Waals surface area (Å²) in [5.41, 5.74) is 5.23. The molecule has 2 aromatic rings. The fourth-order valence-corrected chi connectivity index (χ4v) is 3.15. The summed E-state index contributed by atoms with van der Waals surface area (Å²) in [6.07, 6.45) is 3.82. The molecule has 0 spiro atoms. The van der Waals surface area contributed by atoms with E-state index in [2.05, 4.69) is 42.5 Å². The molecule has 0 unspecified atom stereocenters. The van der Waals surface area contributed by atoms with Crippen LogP contribution in [0.25, 0.3) is 0 Å². The highest BCUT2D eigenvalue weighted by Crippen LogP contribution is 2.19. The van der Waals surface area contributed by atoms with Gasteiger partial charge in [0.1, 0.15) is 5.82 Å². The number of hydrogen-bond acceptors (Lipinski definition) is 2. The van der Waals surface area contributed by atoms with Crippen LogP contribution in [0.4, 0.5) is 0 Å². The van der Waals surface area contributed by atoms with Crippen molar-refractivity contribution in [3.8, 4) is 0 Å². The Kier molecular flexibility index (Phi) is 5.81. The van der Waals surface area contributed by atoms with E-state index in [1.54, 1.807) is 0 Å². The Morgan fingerprint density at radius 2 is 1.83 bits per heavy atom. The number of hydrogen-bond donors (Lipinski definition) is 0. The predicted molar refractivity (Wildman–Crippen MR) is 97.9 cm³/mol. The number of nitrogens with zero attached hydrogens (tertiary/aromatic N) is 3. The lowest BCUT2D eigenvalue weighted by Gasteiger charge is -2.23. The minimum atomic E-state index is 0.00921. The second-order valence-electron chi connectivity index (χ2n) is 6.86. The van der Waals surface area contributed by atoms with Crippen LogP contribution in [0, 0.1) is 26.7 Å². The quantitative estimate of drug-likeness (QED) is 0.808. The number of aryl methyl sites for hydroxylation is 3. The topological polar surface area (TPSA) is 38.1 Å². The number of aromatic nitrogens is 2. The van der Waals surface area contributed by atoms with Gasteiger partial charge in [-0.3, -0.25) is 4.79 Å². The van der Waals surface area contributed by atoms with E-state index in [1.165, 1.54) is 22.3 Å². The fraction of sp³-hybridized carbons (Fsp3) is 0.500. The molecule has 2 rings (SSSR count). The number of amides is 1. The Bertz CT molecular complexity index is 692. The second-order valence-corrected chi connectivity index (χ2v) is 6.86. The Morgan fingerprint density at radius 3 is 2.38 bits per heavy atom. The Balaban J connectivity index is 2.24. The molecule has 0 aliphatic carbocycles. The Morgan fingerprint density at radius 1 is 1.21 bits per heavy atom. The van der Waals surface area contributed by atoms with Crippen LogP contribution in [-0.2, 0) is 17.9 Å². The first-order chi connectivity index (χ1) is 11.3. The third-order valence-electron chi connectivity index (χ3n) is 4.49. The van der Waals surface area contributed by atoms with Gasteiger partial charge in [0.05, 0.1) is 6.54 Å². The maximum Gasteiger partial charge on any atom is 0.225 e. The van der Waals surface area contributed by atoms with Crippen molar-refractivity contribution in [2.75, 3.05) is 6.54 Å². The SMILES string of the molecule is CCN(Cc1nccn1Cc1c(C)cc(C)cc1C)C(=O)C(C)C. The lowest BCUT2D eigenvalue weighted by atomic mass is 10.00. The van der Waals surface area contributed by atoms with Gasteiger partial charge in [-0.05, 0) is 44.4 Å². The van der Waals surface area contributed by atoms with Crippen LogP contribution in [0.15, 0.2) is 24.5 Å². The number of carbonyl (C=O) groups excluding carboxylic acids is 1. The molecule has 0 bridgehead atoms. The molecule has 0 saturated carbocycles. The van der Waals surface area contributed by atoms with E-state index in [0.29, 0.717) is 13.1 Å². The zero-order valence-corrected chi connectivity index (χ0v) is 15.8. The summed E-state index contributed by atoms with van der Waals surface area (Å²) in [6, 6.07) is 4.44. The maximum absolute atomic E-state index is 12.3. The largest absolute Gasteiger partial charge is 0.335 e. The van der Waals surface area contributed by atoms with Crippen LogP contribution >= 0.6 is 0 Å². The molecule has 1 aromatic heterocycles. The summed E-state index contributed by atoms with van der Waals surface area (Å²) >= 11 is 0. The highest BCUT2D eigenvalue weighted by Gasteiger charge is 2.18. The summed E-state index contributed by atoms with van der Waals surface area (Å²) in [7, 11) is 0. The molecule has 0 atom stereocenters. The molecular weight excluding hydrogens is 298 g/mol. The number of rotatable bonds is 6. The van der Waals surface area contributed by atoms with Crippen molar-refractivity contribution < 1.29 is 4.79 Å². The maximum atomic E-state index is 12.3. The Labute approximate surface area is 145 Å². The summed E-state index contributed by atoms with van der Waals surface area (Å²) in [5, 5.41) is 0. The van der Waals surface area contributed by atoms with Crippen LogP contribution in [0.3, 0.4) is 0 Å². The van der Waals surface area contributed by atoms with Crippen LogP contribution in [0.2, 0.25) is 0 Å². The zero-order valence-electron chi connectivity index (χ0n) is 15.8. The lowest BCUT2D eigenvalue weighted by Crippen LogP contribution is -2.34. The van der Waals surface area contributed by atoms with Gasteiger partial charge in [0.2, 0.25) is 5.91 Å². The number of benzene rings is 1. The van der Waals surface area contributed by atoms with Crippen LogP contribution in [0.5, 0.6) is 0 Å². The van der Waals surface area contributed by atoms with E-state index in [0.717, 1.165) is 12.4 Å². The van der Waals surface area contributed by atoms with Gasteiger partial charge in [0.25, 0.3) is 0 Å². The van der Waals surface area contributed by atoms with Crippen molar-refractivity contribution in [1.29, 1.82) is 0 Å². The minimum Gasteiger partial charge on any atom is -0.335 e. The van der Waals surface area contributed by atoms with Gasteiger partial charge >= 0.3 is 0 Å². The van der Waals surface area contributed by atoms with Crippen molar-refractivity contribution in [2.45, 2.75) is 54.6 Å². The van der Waals surface area contributed by atoms with E-state index in [1.807, 2.05) is 38.1 Å². The smallest absolute Gasteiger partial charge is 0.225 e. The zero-order chi connectivity index (χ0) is 17.9. The van der Waals surface area contributed by atoms with Gasteiger partial charge < -0.3 is 9.47 Å². The molecule has 0 fully saturated rings. The van der Waals surface area contributed by atoms with E-state index < -0.39 is 0 Å². The van der Waals surface area contributed by atoms with Crippen molar-refractivity contribution >= 4 is 5.91 Å². The molecule has 0 aliphatic heterocycles. The summed E-state index contributed by atoms with van der Waals surface area (Å²) in [4.78, 5) is 18.7. The molecule has 4 nitrogen and oxygen atoms in total. The average Bonchev–Trinajstić information content (AvgIpc) is 2.94. The molecule has 1 amide bonds. The molecule has 4 heteroatoms. The van der Waals surface area contributed by atoms with E-state index >= 15 is 0 Å². The normalized spacial score (nSPS) is 11.1. The van der Waals surface area contributed by atoms with Crippen molar-refractivity contribution in [3.05, 3.63) is 52.6 Å². The molecule has 1 heterocycles. The van der Waals surface area contributed by atoms with Gasteiger partial charge in [0, 0.05) is 31.4 Å². The monoisotopic (exact) mass is 327 g/mol. The minimum absolute atomic E-state index is 0.00921. The first-order valence-corrected chi connectivity index (χ1v) is 8.69. The van der Waals surface area contributed by atoms with Crippen molar-refractivity contribution in [1.82, 2.24) is 14.5 Å². The lowest BCUT2D eigenvalue weighted by molar-refractivity contribution is -0.135. The van der Waals surface area contributed by atoms with Crippen LogP contribution in [0.1, 0.15) is 48.8 Å². The third kappa shape index (κ3) is 4.05. The third-order valence-corrected chi connectivity index (χ3v) is 4.49. The molecule has 0 N–H and O–H groups in total. The molecule has 24 heavy (non-hydrogen) atoms. The van der Waals surface area contributed by atoms with Crippen molar-refractivity contribution in [2.24, 2.45) is 5.92 Å². The highest BCUT2D eigenvalue weighted by molar-refractivity contribution is 5.77. The fourth-order valence-electron chi connectivity index (χ4n) is 3.15. The van der Waals surface area contributed by atoms with Gasteiger partial charge in [0.15, 0.2) is 0 Å². The average molecular weight is 327 g/mol. The van der Waals surface area contributed by atoms with Crippen LogP contribution < -0.4 is 0 Å². The molecular formula is C20H29N3O. The van der Waals surface area contributed by atoms with Gasteiger partial charge in [-0.2, -0.15) is 0 Å². The van der Waals surface area contributed by atoms with Gasteiger partial charge in [-0.15, -0.1) is 0 Å². The first-order valence-electron chi connectivity index (χ1n) is 8.69. The molecule has 0 aliphatic rings. The van der Waals surface area contributed by atoms with Gasteiger partial charge in [-0.25, -0.2) is 4.98 Å². The molecule has 0 saturated heterocycles. The van der Waals surface area contributed by atoms with Crippen LogP contribution in [-0.4, -0.2) is 26.9 Å². The second kappa shape index (κ2) is 7.65. The predicted octanol–water partition coefficient (Wildman–Crippen LogP) is 3.86. The summed E-state index contributed by atoms with van der Waals surface area (Å²) in [6.45, 7) is 14.4. The number of carbonyl (C=O) groups is 1. The summed E-state index contributed by atoms with van der Waals surface area (Å²) in [5.74, 6) is 1.12. The highest BCUT2D eigenvalue weighted by atomic mass is 16.2. The number of imidazole rings is 1. The molecule has 1 aromatic carbocycles. The molecule has 0 radical (unpaired) electrons. The van der Waals surface area contributed by atoms with E-state index in [9.17, 15) is 4.79 Å². The first kappa shape index (κ1) is 18.2. The van der Waals surface area contributed by atoms with E-state index in [-0.39, 0.29) is 11.8 Å². The van der Waals surface area contributed by atoms with Gasteiger partial charge in [-0.1, -0.05) is 31.5 Å².